The third kappa shape index (κ3) is 4.05. The summed E-state index contributed by atoms with van der Waals surface area (Å²) in [7, 11) is 0. The second-order valence-corrected chi connectivity index (χ2v) is 4.16. The number of halogens is 1. The lowest BCUT2D eigenvalue weighted by Crippen LogP contribution is -2.59. The maximum Gasteiger partial charge on any atom is 0.955 e. The van der Waals surface area contributed by atoms with Crippen LogP contribution in [0.3, 0.4) is 0 Å². The molecule has 1 rings (SSSR count). The summed E-state index contributed by atoms with van der Waals surface area (Å²) in [4.78, 5) is 49.5. The molecular weight excluding hydrogens is 396 g/mol. The molecule has 0 amide bonds. The zero-order valence-electron chi connectivity index (χ0n) is 11.7. The molecule has 0 aromatic heterocycles. The summed E-state index contributed by atoms with van der Waals surface area (Å²) in [5.74, 6) is -4.61. The molecule has 0 N–H and O–H groups in total. The molecular formula is C7H3ClN6O12. The van der Waals surface area contributed by atoms with E-state index in [-0.39, 0.29) is 5.02 Å². The maximum absolute atomic E-state index is 10.4. The van der Waals surface area contributed by atoms with Gasteiger partial charge in [-0.3, -0.25) is 20.2 Å². The van der Waals surface area contributed by atoms with Crippen molar-refractivity contribution in [2.45, 2.75) is 5.91 Å². The highest BCUT2D eigenvalue weighted by molar-refractivity contribution is 6.33. The molecule has 0 spiro atoms. The Labute approximate surface area is 143 Å². The Hall–Kier alpha value is -4.09. The third-order valence-corrected chi connectivity index (χ3v) is 2.63. The normalized spacial score (nSPS) is 10.0. The molecule has 0 heterocycles. The zero-order valence-corrected chi connectivity index (χ0v) is 12.4. The molecule has 0 aliphatic heterocycles. The highest BCUT2D eigenvalue weighted by Gasteiger charge is 2.85. The standard InChI is InChI=1S/C6H3ClN2O4.CN4O8/c7-4-2-1-3-5(8(10)11)6(4)9(12)13;6-2(7)1(3(8)9,4(10)11)5(12)13/h1-3H;. The van der Waals surface area contributed by atoms with Gasteiger partial charge in [-0.2, -0.15) is 0 Å². The van der Waals surface area contributed by atoms with Crippen LogP contribution >= 0.6 is 11.6 Å². The maximum atomic E-state index is 10.4. The molecule has 19 heteroatoms. The Kier molecular flexibility index (Phi) is 6.86. The van der Waals surface area contributed by atoms with E-state index in [2.05, 4.69) is 0 Å². The average molecular weight is 399 g/mol. The molecule has 18 nitrogen and oxygen atoms in total. The van der Waals surface area contributed by atoms with Gasteiger partial charge in [-0.05, 0) is 6.07 Å². The summed E-state index contributed by atoms with van der Waals surface area (Å²) >= 11 is 5.42. The minimum atomic E-state index is -4.61. The summed E-state index contributed by atoms with van der Waals surface area (Å²) in [5.41, 5.74) is -1.27. The van der Waals surface area contributed by atoms with Gasteiger partial charge in [0.1, 0.15) is 5.02 Å². The van der Waals surface area contributed by atoms with Crippen molar-refractivity contribution in [3.63, 3.8) is 0 Å². The molecule has 0 fully saturated rings. The van der Waals surface area contributed by atoms with Crippen molar-refractivity contribution < 1.29 is 29.5 Å². The minimum Gasteiger partial charge on any atom is -0.258 e. The predicted octanol–water partition coefficient (Wildman–Crippen LogP) is 0.861. The SMILES string of the molecule is O=[N+]([O-])C([N+](=O)[O-])([N+](=O)[O-])[N+](=O)[O-].O=[N+]([O-])c1cccc(Cl)c1[N+](=O)[O-]. The summed E-state index contributed by atoms with van der Waals surface area (Å²) in [6.45, 7) is 0. The van der Waals surface area contributed by atoms with Crippen molar-refractivity contribution in [1.82, 2.24) is 0 Å². The van der Waals surface area contributed by atoms with Crippen LogP contribution in [-0.2, 0) is 0 Å². The number of hydrogen-bond donors (Lipinski definition) is 0. The molecule has 0 saturated carbocycles. The number of hydrogen-bond acceptors (Lipinski definition) is 12. The van der Waals surface area contributed by atoms with Crippen LogP contribution in [0.1, 0.15) is 0 Å². The molecule has 0 bridgehead atoms. The van der Waals surface area contributed by atoms with Gasteiger partial charge in [-0.15, -0.1) is 0 Å². The van der Waals surface area contributed by atoms with E-state index in [4.69, 9.17) is 11.6 Å². The molecule has 1 aromatic rings. The smallest absolute Gasteiger partial charge is 0.258 e. The first-order valence-corrected chi connectivity index (χ1v) is 5.84. The number of nitro groups is 6. The first-order chi connectivity index (χ1) is 11.8. The Morgan fingerprint density at radius 1 is 0.692 bits per heavy atom. The van der Waals surface area contributed by atoms with Gasteiger partial charge in [0.2, 0.25) is 0 Å². The monoisotopic (exact) mass is 398 g/mol. The van der Waals surface area contributed by atoms with Gasteiger partial charge in [-0.1, -0.05) is 17.7 Å². The number of rotatable bonds is 6. The molecule has 26 heavy (non-hydrogen) atoms. The lowest BCUT2D eigenvalue weighted by Gasteiger charge is -1.98. The molecule has 140 valence electrons. The molecule has 0 atom stereocenters. The quantitative estimate of drug-likeness (QED) is 0.366. The number of nitrogens with zero attached hydrogens (tertiary/aromatic N) is 6. The van der Waals surface area contributed by atoms with Crippen LogP contribution < -0.4 is 0 Å². The van der Waals surface area contributed by atoms with Gasteiger partial charge in [-0.25, -0.2) is 40.5 Å². The Bertz CT molecular complexity index is 748. The predicted molar refractivity (Wildman–Crippen MR) is 75.5 cm³/mol. The number of nitro benzene ring substituents is 2. The average Bonchev–Trinajstić information content (AvgIpc) is 2.45. The van der Waals surface area contributed by atoms with E-state index in [1.54, 1.807) is 0 Å². The molecule has 0 unspecified atom stereocenters. The summed E-state index contributed by atoms with van der Waals surface area (Å²) in [6, 6.07) is 3.55. The summed E-state index contributed by atoms with van der Waals surface area (Å²) < 4.78 is 0. The van der Waals surface area contributed by atoms with Crippen LogP contribution in [0.5, 0.6) is 0 Å². The van der Waals surface area contributed by atoms with E-state index in [1.165, 1.54) is 12.1 Å². The van der Waals surface area contributed by atoms with Gasteiger partial charge >= 0.3 is 17.3 Å². The Morgan fingerprint density at radius 3 is 1.27 bits per heavy atom. The van der Waals surface area contributed by atoms with Crippen LogP contribution in [0, 0.1) is 60.7 Å². The van der Waals surface area contributed by atoms with E-state index < -0.39 is 46.8 Å². The zero-order chi connectivity index (χ0) is 20.8. The minimum absolute atomic E-state index is 0.237. The molecule has 0 radical (unpaired) electrons. The molecule has 0 saturated heterocycles. The van der Waals surface area contributed by atoms with Crippen molar-refractivity contribution in [3.8, 4) is 0 Å². The van der Waals surface area contributed by atoms with Gasteiger partial charge in [0.25, 0.3) is 19.7 Å². The second-order valence-electron chi connectivity index (χ2n) is 3.75. The van der Waals surface area contributed by atoms with Gasteiger partial charge in [0.05, 0.1) is 9.85 Å². The van der Waals surface area contributed by atoms with Crippen LogP contribution in [0.15, 0.2) is 18.2 Å². The van der Waals surface area contributed by atoms with Crippen LogP contribution in [0.25, 0.3) is 0 Å². The first kappa shape index (κ1) is 21.9. The van der Waals surface area contributed by atoms with Crippen molar-refractivity contribution >= 4 is 23.0 Å². The van der Waals surface area contributed by atoms with Crippen LogP contribution in [0.2, 0.25) is 5.02 Å². The van der Waals surface area contributed by atoms with Gasteiger partial charge in [0.15, 0.2) is 0 Å². The number of benzene rings is 1. The van der Waals surface area contributed by atoms with E-state index >= 15 is 0 Å². The van der Waals surface area contributed by atoms with Crippen molar-refractivity contribution in [3.05, 3.63) is 83.9 Å². The fourth-order valence-electron chi connectivity index (χ4n) is 1.23. The molecule has 1 aromatic carbocycles. The largest absolute Gasteiger partial charge is 0.955 e. The fourth-order valence-corrected chi connectivity index (χ4v) is 1.47. The van der Waals surface area contributed by atoms with E-state index in [1.807, 2.05) is 0 Å². The first-order valence-electron chi connectivity index (χ1n) is 5.47. The van der Waals surface area contributed by atoms with Gasteiger partial charge < -0.3 is 0 Å². The van der Waals surface area contributed by atoms with Gasteiger partial charge in [0, 0.05) is 6.07 Å². The third-order valence-electron chi connectivity index (χ3n) is 2.32. The highest BCUT2D eigenvalue weighted by atomic mass is 35.5. The second kappa shape index (κ2) is 8.14. The fraction of sp³-hybridized carbons (Fsp3) is 0.143. The van der Waals surface area contributed by atoms with E-state index in [0.29, 0.717) is 0 Å². The Balaban J connectivity index is 0.000000481. The van der Waals surface area contributed by atoms with Crippen molar-refractivity contribution in [2.75, 3.05) is 0 Å². The Morgan fingerprint density at radius 2 is 1.08 bits per heavy atom. The number of para-hydroxylation sites is 1. The summed E-state index contributed by atoms with van der Waals surface area (Å²) in [5, 5.41) is 59.8. The van der Waals surface area contributed by atoms with Crippen LogP contribution in [0.4, 0.5) is 11.4 Å². The van der Waals surface area contributed by atoms with Crippen LogP contribution in [-0.4, -0.2) is 35.5 Å². The van der Waals surface area contributed by atoms with Crippen molar-refractivity contribution in [1.29, 1.82) is 0 Å². The lowest BCUT2D eigenvalue weighted by atomic mass is 10.3. The highest BCUT2D eigenvalue weighted by Crippen LogP contribution is 2.33. The van der Waals surface area contributed by atoms with E-state index in [9.17, 15) is 60.7 Å². The lowest BCUT2D eigenvalue weighted by molar-refractivity contribution is -1.11. The van der Waals surface area contributed by atoms with Crippen molar-refractivity contribution in [2.24, 2.45) is 0 Å². The molecule has 0 aliphatic carbocycles. The summed E-state index contributed by atoms with van der Waals surface area (Å²) in [6.07, 6.45) is 0. The topological polar surface area (TPSA) is 259 Å². The van der Waals surface area contributed by atoms with E-state index in [0.717, 1.165) is 6.07 Å². The molecule has 0 aliphatic rings.